The molecule has 0 fully saturated rings. The van der Waals surface area contributed by atoms with Crippen LogP contribution in [0.1, 0.15) is 25.0 Å². The topological polar surface area (TPSA) is 49.7 Å². The van der Waals surface area contributed by atoms with E-state index in [1.807, 2.05) is 62.4 Å². The van der Waals surface area contributed by atoms with E-state index in [0.717, 1.165) is 33.8 Å². The molecule has 0 spiro atoms. The second kappa shape index (κ2) is 8.32. The third-order valence-electron chi connectivity index (χ3n) is 3.63. The Hall–Kier alpha value is -2.36. The van der Waals surface area contributed by atoms with E-state index in [-0.39, 0.29) is 13.2 Å². The van der Waals surface area contributed by atoms with E-state index < -0.39 is 0 Å². The van der Waals surface area contributed by atoms with Gasteiger partial charge in [0.1, 0.15) is 11.5 Å². The molecule has 120 valence electrons. The first-order valence-corrected chi connectivity index (χ1v) is 7.58. The standard InChI is InChI=1S/C20H22O3/c1-15(10-12-21)17-6-8-19(9-7-17)23-20-5-3-4-18(14-20)16(2)11-13-22/h3-11,14,21-22H,12-13H2,1-2H3. The van der Waals surface area contributed by atoms with Gasteiger partial charge < -0.3 is 14.9 Å². The van der Waals surface area contributed by atoms with Crippen LogP contribution >= 0.6 is 0 Å². The molecule has 2 rings (SSSR count). The van der Waals surface area contributed by atoms with Gasteiger partial charge >= 0.3 is 0 Å². The molecule has 0 saturated heterocycles. The lowest BCUT2D eigenvalue weighted by Gasteiger charge is -2.09. The molecule has 0 aromatic heterocycles. The summed E-state index contributed by atoms with van der Waals surface area (Å²) in [6.45, 7) is 3.99. The first kappa shape index (κ1) is 17.0. The Kier molecular flexibility index (Phi) is 6.15. The number of benzene rings is 2. The Morgan fingerprint density at radius 3 is 2.04 bits per heavy atom. The summed E-state index contributed by atoms with van der Waals surface area (Å²) in [4.78, 5) is 0. The van der Waals surface area contributed by atoms with Crippen molar-refractivity contribution in [1.82, 2.24) is 0 Å². The van der Waals surface area contributed by atoms with Gasteiger partial charge in [-0.2, -0.15) is 0 Å². The predicted octanol–water partition coefficient (Wildman–Crippen LogP) is 4.27. The Bertz CT molecular complexity index is 697. The minimum Gasteiger partial charge on any atom is -0.457 e. The molecule has 2 N–H and O–H groups in total. The number of hydrogen-bond donors (Lipinski definition) is 2. The lowest BCUT2D eigenvalue weighted by molar-refractivity contribution is 0.343. The van der Waals surface area contributed by atoms with Gasteiger partial charge in [0.25, 0.3) is 0 Å². The maximum Gasteiger partial charge on any atom is 0.128 e. The third-order valence-corrected chi connectivity index (χ3v) is 3.63. The van der Waals surface area contributed by atoms with Gasteiger partial charge in [0.05, 0.1) is 13.2 Å². The van der Waals surface area contributed by atoms with E-state index in [2.05, 4.69) is 0 Å². The summed E-state index contributed by atoms with van der Waals surface area (Å²) in [7, 11) is 0. The highest BCUT2D eigenvalue weighted by Gasteiger charge is 2.02. The quantitative estimate of drug-likeness (QED) is 0.837. The molecular weight excluding hydrogens is 288 g/mol. The minimum absolute atomic E-state index is 0.0269. The minimum atomic E-state index is 0.0269. The van der Waals surface area contributed by atoms with Crippen molar-refractivity contribution in [3.8, 4) is 11.5 Å². The fourth-order valence-corrected chi connectivity index (χ4v) is 2.24. The molecule has 0 aliphatic rings. The van der Waals surface area contributed by atoms with Crippen LogP contribution in [-0.2, 0) is 0 Å². The van der Waals surface area contributed by atoms with Crippen molar-refractivity contribution in [1.29, 1.82) is 0 Å². The molecular formula is C20H22O3. The summed E-state index contributed by atoms with van der Waals surface area (Å²) in [6.07, 6.45) is 3.54. The van der Waals surface area contributed by atoms with E-state index in [1.165, 1.54) is 0 Å². The van der Waals surface area contributed by atoms with Crippen molar-refractivity contribution in [2.45, 2.75) is 13.8 Å². The number of hydrogen-bond acceptors (Lipinski definition) is 3. The van der Waals surface area contributed by atoms with Crippen molar-refractivity contribution in [3.05, 3.63) is 71.8 Å². The Morgan fingerprint density at radius 1 is 0.826 bits per heavy atom. The Labute approximate surface area is 137 Å². The van der Waals surface area contributed by atoms with Crippen molar-refractivity contribution in [2.24, 2.45) is 0 Å². The fourth-order valence-electron chi connectivity index (χ4n) is 2.24. The summed E-state index contributed by atoms with van der Waals surface area (Å²) >= 11 is 0. The predicted molar refractivity (Wildman–Crippen MR) is 94.4 cm³/mol. The molecule has 0 aliphatic heterocycles. The summed E-state index contributed by atoms with van der Waals surface area (Å²) in [5.41, 5.74) is 4.13. The number of aliphatic hydroxyl groups excluding tert-OH is 2. The maximum atomic E-state index is 8.98. The number of ether oxygens (including phenoxy) is 1. The van der Waals surface area contributed by atoms with Crippen molar-refractivity contribution in [2.75, 3.05) is 13.2 Å². The smallest absolute Gasteiger partial charge is 0.128 e. The van der Waals surface area contributed by atoms with Gasteiger partial charge in [0.15, 0.2) is 0 Å². The molecule has 23 heavy (non-hydrogen) atoms. The highest BCUT2D eigenvalue weighted by Crippen LogP contribution is 2.26. The first-order valence-electron chi connectivity index (χ1n) is 7.58. The van der Waals surface area contributed by atoms with Crippen LogP contribution < -0.4 is 4.74 Å². The number of aliphatic hydroxyl groups is 2. The van der Waals surface area contributed by atoms with E-state index in [0.29, 0.717) is 0 Å². The molecule has 0 aliphatic carbocycles. The molecule has 0 radical (unpaired) electrons. The monoisotopic (exact) mass is 310 g/mol. The highest BCUT2D eigenvalue weighted by atomic mass is 16.5. The van der Waals surface area contributed by atoms with E-state index >= 15 is 0 Å². The van der Waals surface area contributed by atoms with Gasteiger partial charge in [0.2, 0.25) is 0 Å². The molecule has 2 aromatic carbocycles. The molecule has 0 bridgehead atoms. The summed E-state index contributed by atoms with van der Waals surface area (Å²) in [5.74, 6) is 1.51. The second-order valence-corrected chi connectivity index (χ2v) is 5.29. The van der Waals surface area contributed by atoms with Crippen LogP contribution in [0.25, 0.3) is 11.1 Å². The van der Waals surface area contributed by atoms with Crippen molar-refractivity contribution >= 4 is 11.1 Å². The average Bonchev–Trinajstić information content (AvgIpc) is 2.56. The fraction of sp³-hybridized carbons (Fsp3) is 0.200. The Balaban J connectivity index is 2.15. The maximum absolute atomic E-state index is 8.98. The number of rotatable bonds is 6. The van der Waals surface area contributed by atoms with Crippen molar-refractivity contribution < 1.29 is 14.9 Å². The lowest BCUT2D eigenvalue weighted by atomic mass is 10.1. The van der Waals surface area contributed by atoms with Gasteiger partial charge in [-0.3, -0.25) is 0 Å². The van der Waals surface area contributed by atoms with Crippen LogP contribution in [-0.4, -0.2) is 23.4 Å². The molecule has 0 unspecified atom stereocenters. The molecule has 0 heterocycles. The lowest BCUT2D eigenvalue weighted by Crippen LogP contribution is -1.88. The largest absolute Gasteiger partial charge is 0.457 e. The van der Waals surface area contributed by atoms with E-state index in [1.54, 1.807) is 12.2 Å². The van der Waals surface area contributed by atoms with Gasteiger partial charge in [-0.1, -0.05) is 36.4 Å². The van der Waals surface area contributed by atoms with Gasteiger partial charge in [-0.15, -0.1) is 0 Å². The highest BCUT2D eigenvalue weighted by molar-refractivity contribution is 5.65. The Morgan fingerprint density at radius 2 is 1.43 bits per heavy atom. The molecule has 0 saturated carbocycles. The van der Waals surface area contributed by atoms with Crippen LogP contribution in [0.3, 0.4) is 0 Å². The van der Waals surface area contributed by atoms with Crippen LogP contribution in [0.2, 0.25) is 0 Å². The normalized spacial score (nSPS) is 12.3. The SMILES string of the molecule is CC(=CCO)c1ccc(Oc2cccc(C(C)=CCO)c2)cc1. The van der Waals surface area contributed by atoms with Crippen LogP contribution in [0.5, 0.6) is 11.5 Å². The van der Waals surface area contributed by atoms with Crippen LogP contribution in [0, 0.1) is 0 Å². The average molecular weight is 310 g/mol. The van der Waals surface area contributed by atoms with Gasteiger partial charge in [-0.05, 0) is 60.4 Å². The molecule has 3 heteroatoms. The summed E-state index contributed by atoms with van der Waals surface area (Å²) in [5, 5.41) is 17.9. The van der Waals surface area contributed by atoms with E-state index in [9.17, 15) is 0 Å². The third kappa shape index (κ3) is 4.81. The summed E-state index contributed by atoms with van der Waals surface area (Å²) < 4.78 is 5.88. The van der Waals surface area contributed by atoms with Gasteiger partial charge in [0, 0.05) is 0 Å². The first-order chi connectivity index (χ1) is 11.1. The molecule has 2 aromatic rings. The zero-order valence-corrected chi connectivity index (χ0v) is 13.5. The summed E-state index contributed by atoms with van der Waals surface area (Å²) in [6, 6.07) is 15.5. The molecule has 3 nitrogen and oxygen atoms in total. The van der Waals surface area contributed by atoms with Crippen LogP contribution in [0.15, 0.2) is 60.7 Å². The molecule has 0 atom stereocenters. The molecule has 0 amide bonds. The number of allylic oxidation sites excluding steroid dienone is 2. The zero-order valence-electron chi connectivity index (χ0n) is 13.5. The van der Waals surface area contributed by atoms with E-state index in [4.69, 9.17) is 14.9 Å². The van der Waals surface area contributed by atoms with Gasteiger partial charge in [-0.25, -0.2) is 0 Å². The second-order valence-electron chi connectivity index (χ2n) is 5.29. The van der Waals surface area contributed by atoms with Crippen molar-refractivity contribution in [3.63, 3.8) is 0 Å². The van der Waals surface area contributed by atoms with Crippen LogP contribution in [0.4, 0.5) is 0 Å². The zero-order chi connectivity index (χ0) is 16.7.